The lowest BCUT2D eigenvalue weighted by Gasteiger charge is -2.07. The normalized spacial score (nSPS) is 16.6. The van der Waals surface area contributed by atoms with E-state index in [9.17, 15) is 8.42 Å². The molecule has 0 N–H and O–H groups in total. The van der Waals surface area contributed by atoms with Crippen LogP contribution in [0.2, 0.25) is 0 Å². The Morgan fingerprint density at radius 2 is 2.25 bits per heavy atom. The standard InChI is InChI=1S/C10H15BrN2O2S/c1-16(14,15)5-4-13-10(8-2-3-8)9(6-11)7-12-13/h7-8H,2-6H2,1H3. The number of alkyl halides is 1. The van der Waals surface area contributed by atoms with Crippen LogP contribution in [0.15, 0.2) is 6.20 Å². The van der Waals surface area contributed by atoms with Crippen molar-refractivity contribution in [1.29, 1.82) is 0 Å². The zero-order chi connectivity index (χ0) is 11.8. The van der Waals surface area contributed by atoms with Crippen LogP contribution in [0.1, 0.15) is 30.0 Å². The van der Waals surface area contributed by atoms with Gasteiger partial charge in [0.15, 0.2) is 0 Å². The van der Waals surface area contributed by atoms with E-state index in [4.69, 9.17) is 0 Å². The Labute approximate surface area is 104 Å². The van der Waals surface area contributed by atoms with Crippen molar-refractivity contribution in [3.05, 3.63) is 17.5 Å². The van der Waals surface area contributed by atoms with Crippen LogP contribution >= 0.6 is 15.9 Å². The lowest BCUT2D eigenvalue weighted by molar-refractivity contribution is 0.578. The van der Waals surface area contributed by atoms with Crippen molar-refractivity contribution >= 4 is 25.8 Å². The summed E-state index contributed by atoms with van der Waals surface area (Å²) in [5.74, 6) is 0.755. The van der Waals surface area contributed by atoms with E-state index in [2.05, 4.69) is 21.0 Å². The molecule has 1 aromatic rings. The molecule has 0 bridgehead atoms. The van der Waals surface area contributed by atoms with Crippen molar-refractivity contribution < 1.29 is 8.42 Å². The van der Waals surface area contributed by atoms with Crippen molar-refractivity contribution in [3.8, 4) is 0 Å². The topological polar surface area (TPSA) is 52.0 Å². The summed E-state index contributed by atoms with van der Waals surface area (Å²) < 4.78 is 24.1. The monoisotopic (exact) mass is 306 g/mol. The van der Waals surface area contributed by atoms with E-state index in [1.807, 2.05) is 10.9 Å². The van der Waals surface area contributed by atoms with Crippen molar-refractivity contribution in [2.45, 2.75) is 30.6 Å². The Bertz CT molecular complexity index is 477. The molecular weight excluding hydrogens is 292 g/mol. The third-order valence-electron chi connectivity index (χ3n) is 2.74. The summed E-state index contributed by atoms with van der Waals surface area (Å²) in [6.45, 7) is 0.470. The molecule has 1 fully saturated rings. The van der Waals surface area contributed by atoms with Crippen molar-refractivity contribution in [1.82, 2.24) is 9.78 Å². The second-order valence-corrected chi connectivity index (χ2v) is 7.14. The maximum Gasteiger partial charge on any atom is 0.149 e. The van der Waals surface area contributed by atoms with E-state index in [1.165, 1.54) is 30.4 Å². The smallest absolute Gasteiger partial charge is 0.149 e. The molecule has 0 aromatic carbocycles. The largest absolute Gasteiger partial charge is 0.268 e. The number of halogens is 1. The van der Waals surface area contributed by atoms with E-state index in [1.54, 1.807) is 0 Å². The van der Waals surface area contributed by atoms with Gasteiger partial charge in [0.05, 0.1) is 18.5 Å². The molecule has 4 nitrogen and oxygen atoms in total. The van der Waals surface area contributed by atoms with E-state index in [0.29, 0.717) is 12.5 Å². The number of hydrogen-bond acceptors (Lipinski definition) is 3. The fourth-order valence-electron chi connectivity index (χ4n) is 1.80. The number of aromatic nitrogens is 2. The third-order valence-corrected chi connectivity index (χ3v) is 4.27. The van der Waals surface area contributed by atoms with Gasteiger partial charge in [-0.25, -0.2) is 8.42 Å². The van der Waals surface area contributed by atoms with Gasteiger partial charge in [0.25, 0.3) is 0 Å². The van der Waals surface area contributed by atoms with Gasteiger partial charge < -0.3 is 0 Å². The Morgan fingerprint density at radius 1 is 1.56 bits per heavy atom. The minimum atomic E-state index is -2.91. The molecule has 1 aliphatic rings. The molecule has 0 unspecified atom stereocenters. The van der Waals surface area contributed by atoms with Crippen molar-refractivity contribution in [3.63, 3.8) is 0 Å². The summed E-state index contributed by atoms with van der Waals surface area (Å²) in [5.41, 5.74) is 2.41. The molecule has 6 heteroatoms. The molecule has 1 aliphatic carbocycles. The first-order valence-corrected chi connectivity index (χ1v) is 8.47. The molecule has 0 atom stereocenters. The highest BCUT2D eigenvalue weighted by atomic mass is 79.9. The highest BCUT2D eigenvalue weighted by Gasteiger charge is 2.29. The molecule has 0 radical (unpaired) electrons. The molecule has 0 aliphatic heterocycles. The molecule has 0 amide bonds. The Hall–Kier alpha value is -0.360. The molecule has 1 aromatic heterocycles. The first-order valence-electron chi connectivity index (χ1n) is 5.29. The number of aryl methyl sites for hydroxylation is 1. The summed E-state index contributed by atoms with van der Waals surface area (Å²) in [7, 11) is -2.91. The Balaban J connectivity index is 2.17. The maximum atomic E-state index is 11.1. The average Bonchev–Trinajstić information content (AvgIpc) is 2.94. The third kappa shape index (κ3) is 2.85. The van der Waals surface area contributed by atoms with Crippen molar-refractivity contribution in [2.75, 3.05) is 12.0 Å². The minimum Gasteiger partial charge on any atom is -0.268 e. The van der Waals surface area contributed by atoms with Crippen LogP contribution in [-0.4, -0.2) is 30.2 Å². The van der Waals surface area contributed by atoms with Gasteiger partial charge in [-0.1, -0.05) is 15.9 Å². The zero-order valence-electron chi connectivity index (χ0n) is 9.19. The van der Waals surface area contributed by atoms with Gasteiger partial charge in [-0.2, -0.15) is 5.10 Å². The van der Waals surface area contributed by atoms with Crippen LogP contribution in [0, 0.1) is 0 Å². The van der Waals surface area contributed by atoms with Crippen LogP contribution in [0.4, 0.5) is 0 Å². The SMILES string of the molecule is CS(=O)(=O)CCn1ncc(CBr)c1C1CC1. The first-order chi connectivity index (χ1) is 7.51. The molecule has 0 spiro atoms. The Morgan fingerprint density at radius 3 is 2.75 bits per heavy atom. The van der Waals surface area contributed by atoms with Gasteiger partial charge in [0.2, 0.25) is 0 Å². The van der Waals surface area contributed by atoms with Gasteiger partial charge in [-0.3, -0.25) is 4.68 Å². The van der Waals surface area contributed by atoms with Gasteiger partial charge >= 0.3 is 0 Å². The molecule has 1 saturated carbocycles. The van der Waals surface area contributed by atoms with Gasteiger partial charge in [-0.15, -0.1) is 0 Å². The second kappa shape index (κ2) is 4.49. The minimum absolute atomic E-state index is 0.163. The summed E-state index contributed by atoms with van der Waals surface area (Å²) in [4.78, 5) is 0. The first kappa shape index (κ1) is 12.1. The number of rotatable bonds is 5. The molecule has 0 saturated heterocycles. The van der Waals surface area contributed by atoms with Crippen LogP contribution in [0.5, 0.6) is 0 Å². The van der Waals surface area contributed by atoms with Gasteiger partial charge in [0, 0.05) is 28.8 Å². The van der Waals surface area contributed by atoms with Crippen molar-refractivity contribution in [2.24, 2.45) is 0 Å². The fraction of sp³-hybridized carbons (Fsp3) is 0.700. The Kier molecular flexibility index (Phi) is 3.39. The van der Waals surface area contributed by atoms with Crippen LogP contribution in [-0.2, 0) is 21.7 Å². The summed E-state index contributed by atoms with van der Waals surface area (Å²) in [5, 5.41) is 5.06. The van der Waals surface area contributed by atoms with E-state index < -0.39 is 9.84 Å². The maximum absolute atomic E-state index is 11.1. The lowest BCUT2D eigenvalue weighted by Crippen LogP contribution is -2.14. The lowest BCUT2D eigenvalue weighted by atomic mass is 10.2. The van der Waals surface area contributed by atoms with Crippen LogP contribution < -0.4 is 0 Å². The van der Waals surface area contributed by atoms with E-state index >= 15 is 0 Å². The predicted molar refractivity (Wildman–Crippen MR) is 66.5 cm³/mol. The highest BCUT2D eigenvalue weighted by Crippen LogP contribution is 2.42. The number of hydrogen-bond donors (Lipinski definition) is 0. The van der Waals surface area contributed by atoms with E-state index in [0.717, 1.165) is 5.33 Å². The second-order valence-electron chi connectivity index (χ2n) is 4.32. The molecular formula is C10H15BrN2O2S. The van der Waals surface area contributed by atoms with Gasteiger partial charge in [0.1, 0.15) is 9.84 Å². The average molecular weight is 307 g/mol. The summed E-state index contributed by atoms with van der Waals surface area (Å²) in [6.07, 6.45) is 5.50. The quantitative estimate of drug-likeness (QED) is 0.778. The zero-order valence-corrected chi connectivity index (χ0v) is 11.6. The molecule has 16 heavy (non-hydrogen) atoms. The van der Waals surface area contributed by atoms with Crippen LogP contribution in [0.3, 0.4) is 0 Å². The number of sulfone groups is 1. The highest BCUT2D eigenvalue weighted by molar-refractivity contribution is 9.08. The summed E-state index contributed by atoms with van der Waals surface area (Å²) >= 11 is 3.44. The summed E-state index contributed by atoms with van der Waals surface area (Å²) in [6, 6.07) is 0. The molecule has 90 valence electrons. The van der Waals surface area contributed by atoms with Gasteiger partial charge in [-0.05, 0) is 12.8 Å². The molecule has 2 rings (SSSR count). The van der Waals surface area contributed by atoms with E-state index in [-0.39, 0.29) is 5.75 Å². The fourth-order valence-corrected chi connectivity index (χ4v) is 2.73. The van der Waals surface area contributed by atoms with Crippen LogP contribution in [0.25, 0.3) is 0 Å². The predicted octanol–water partition coefficient (Wildman–Crippen LogP) is 1.70. The number of nitrogens with zero attached hydrogens (tertiary/aromatic N) is 2. The molecule has 1 heterocycles.